The summed E-state index contributed by atoms with van der Waals surface area (Å²) >= 11 is 5.73. The number of rotatable bonds is 4. The monoisotopic (exact) mass is 254 g/mol. The van der Waals surface area contributed by atoms with E-state index >= 15 is 0 Å². The molecule has 2 aromatic rings. The number of halogens is 1. The topological polar surface area (TPSA) is 80.0 Å². The lowest BCUT2D eigenvalue weighted by Gasteiger charge is -2.07. The molecule has 0 aliphatic heterocycles. The van der Waals surface area contributed by atoms with E-state index in [0.29, 0.717) is 24.4 Å². The summed E-state index contributed by atoms with van der Waals surface area (Å²) in [6.07, 6.45) is 1.57. The van der Waals surface area contributed by atoms with Crippen LogP contribution in [0.4, 0.5) is 0 Å². The first-order valence-corrected chi connectivity index (χ1v) is 5.41. The highest BCUT2D eigenvalue weighted by molar-refractivity contribution is 6.28. The summed E-state index contributed by atoms with van der Waals surface area (Å²) < 4.78 is 1.70. The van der Waals surface area contributed by atoms with Crippen molar-refractivity contribution in [3.05, 3.63) is 23.2 Å². The van der Waals surface area contributed by atoms with Crippen molar-refractivity contribution < 1.29 is 10.0 Å². The van der Waals surface area contributed by atoms with Crippen LogP contribution in [0.2, 0.25) is 5.28 Å². The van der Waals surface area contributed by atoms with Crippen LogP contribution in [-0.4, -0.2) is 32.1 Å². The van der Waals surface area contributed by atoms with E-state index in [4.69, 9.17) is 16.8 Å². The number of hydrogen-bond donors (Lipinski definition) is 2. The van der Waals surface area contributed by atoms with Crippen molar-refractivity contribution in [2.75, 3.05) is 6.54 Å². The summed E-state index contributed by atoms with van der Waals surface area (Å²) in [5.41, 5.74) is 3.15. The molecule has 90 valence electrons. The molecule has 0 bridgehead atoms. The normalized spacial score (nSPS) is 11.0. The Morgan fingerprint density at radius 2 is 2.41 bits per heavy atom. The molecule has 7 heteroatoms. The standard InChI is InChI=1S/C10H11ClN4O2/c1-6(16)8-4-7-5-12-10(11)14-9(7)15(8)3-2-13-17/h4-5,13,17H,2-3H2,1H3. The fourth-order valence-corrected chi connectivity index (χ4v) is 1.83. The molecular weight excluding hydrogens is 244 g/mol. The van der Waals surface area contributed by atoms with Crippen molar-refractivity contribution in [3.63, 3.8) is 0 Å². The first-order valence-electron chi connectivity index (χ1n) is 5.03. The summed E-state index contributed by atoms with van der Waals surface area (Å²) in [4.78, 5) is 19.5. The first-order chi connectivity index (χ1) is 8.13. The first kappa shape index (κ1) is 12.0. The molecular formula is C10H11ClN4O2. The molecule has 6 nitrogen and oxygen atoms in total. The molecule has 0 radical (unpaired) electrons. The van der Waals surface area contributed by atoms with E-state index in [-0.39, 0.29) is 11.1 Å². The third-order valence-electron chi connectivity index (χ3n) is 2.41. The third-order valence-corrected chi connectivity index (χ3v) is 2.60. The molecule has 2 aromatic heterocycles. The number of ketones is 1. The zero-order valence-electron chi connectivity index (χ0n) is 9.14. The molecule has 0 saturated heterocycles. The van der Waals surface area contributed by atoms with Crippen molar-refractivity contribution in [2.24, 2.45) is 0 Å². The van der Waals surface area contributed by atoms with E-state index in [1.165, 1.54) is 6.92 Å². The molecule has 0 spiro atoms. The highest BCUT2D eigenvalue weighted by Crippen LogP contribution is 2.19. The Morgan fingerprint density at radius 3 is 3.06 bits per heavy atom. The minimum absolute atomic E-state index is 0.0722. The molecule has 0 fully saturated rings. The van der Waals surface area contributed by atoms with E-state index in [1.807, 2.05) is 5.48 Å². The molecule has 0 aliphatic rings. The van der Waals surface area contributed by atoms with Gasteiger partial charge in [0.1, 0.15) is 5.65 Å². The minimum atomic E-state index is -0.0722. The fourth-order valence-electron chi connectivity index (χ4n) is 1.70. The fraction of sp³-hybridized carbons (Fsp3) is 0.300. The van der Waals surface area contributed by atoms with E-state index < -0.39 is 0 Å². The SMILES string of the molecule is CC(=O)c1cc2cnc(Cl)nc2n1CCNO. The Labute approximate surface area is 102 Å². The number of carbonyl (C=O) groups is 1. The van der Waals surface area contributed by atoms with Crippen LogP contribution < -0.4 is 5.48 Å². The van der Waals surface area contributed by atoms with Crippen molar-refractivity contribution in [3.8, 4) is 0 Å². The largest absolute Gasteiger partial charge is 0.321 e. The second-order valence-corrected chi connectivity index (χ2v) is 3.90. The van der Waals surface area contributed by atoms with Crippen LogP contribution in [-0.2, 0) is 6.54 Å². The van der Waals surface area contributed by atoms with Gasteiger partial charge in [0.15, 0.2) is 5.78 Å². The van der Waals surface area contributed by atoms with Gasteiger partial charge in [0, 0.05) is 31.6 Å². The number of hydrogen-bond acceptors (Lipinski definition) is 5. The number of aromatic nitrogens is 3. The average molecular weight is 255 g/mol. The van der Waals surface area contributed by atoms with Gasteiger partial charge in [-0.3, -0.25) is 4.79 Å². The lowest BCUT2D eigenvalue weighted by Crippen LogP contribution is -2.18. The number of carbonyl (C=O) groups excluding carboxylic acids is 1. The molecule has 0 aliphatic carbocycles. The van der Waals surface area contributed by atoms with Gasteiger partial charge in [-0.1, -0.05) is 0 Å². The van der Waals surface area contributed by atoms with Gasteiger partial charge in [-0.05, 0) is 17.7 Å². The van der Waals surface area contributed by atoms with Crippen LogP contribution in [0.15, 0.2) is 12.3 Å². The summed E-state index contributed by atoms with van der Waals surface area (Å²) in [5, 5.41) is 9.49. The Kier molecular flexibility index (Phi) is 3.37. The van der Waals surface area contributed by atoms with Gasteiger partial charge < -0.3 is 9.77 Å². The van der Waals surface area contributed by atoms with E-state index in [9.17, 15) is 4.79 Å². The zero-order valence-corrected chi connectivity index (χ0v) is 9.90. The quantitative estimate of drug-likeness (QED) is 0.488. The van der Waals surface area contributed by atoms with Gasteiger partial charge >= 0.3 is 0 Å². The predicted molar refractivity (Wildman–Crippen MR) is 62.3 cm³/mol. The second-order valence-electron chi connectivity index (χ2n) is 3.56. The number of fused-ring (bicyclic) bond motifs is 1. The van der Waals surface area contributed by atoms with Crippen LogP contribution in [0, 0.1) is 0 Å². The van der Waals surface area contributed by atoms with E-state index in [2.05, 4.69) is 9.97 Å². The maximum atomic E-state index is 11.5. The van der Waals surface area contributed by atoms with Gasteiger partial charge in [0.25, 0.3) is 0 Å². The summed E-state index contributed by atoms with van der Waals surface area (Å²) in [6, 6.07) is 1.71. The number of nitrogens with zero attached hydrogens (tertiary/aromatic N) is 3. The lowest BCUT2D eigenvalue weighted by molar-refractivity contribution is 0.100. The van der Waals surface area contributed by atoms with Crippen molar-refractivity contribution in [2.45, 2.75) is 13.5 Å². The van der Waals surface area contributed by atoms with Crippen LogP contribution in [0.5, 0.6) is 0 Å². The van der Waals surface area contributed by atoms with Gasteiger partial charge in [0.05, 0.1) is 5.69 Å². The van der Waals surface area contributed by atoms with Crippen molar-refractivity contribution >= 4 is 28.4 Å². The van der Waals surface area contributed by atoms with Crippen LogP contribution in [0.25, 0.3) is 11.0 Å². The lowest BCUT2D eigenvalue weighted by atomic mass is 10.3. The molecule has 0 aromatic carbocycles. The minimum Gasteiger partial charge on any atom is -0.321 e. The summed E-state index contributed by atoms with van der Waals surface area (Å²) in [7, 11) is 0. The van der Waals surface area contributed by atoms with Crippen molar-refractivity contribution in [1.29, 1.82) is 0 Å². The van der Waals surface area contributed by atoms with Crippen LogP contribution >= 0.6 is 11.6 Å². The Hall–Kier alpha value is -1.50. The van der Waals surface area contributed by atoms with E-state index in [0.717, 1.165) is 5.39 Å². The summed E-state index contributed by atoms with van der Waals surface area (Å²) in [6.45, 7) is 2.21. The number of nitrogens with one attached hydrogen (secondary N) is 1. The molecule has 0 saturated carbocycles. The van der Waals surface area contributed by atoms with Gasteiger partial charge in [-0.2, -0.15) is 4.98 Å². The summed E-state index contributed by atoms with van der Waals surface area (Å²) in [5.74, 6) is -0.0722. The highest BCUT2D eigenvalue weighted by atomic mass is 35.5. The maximum absolute atomic E-state index is 11.5. The van der Waals surface area contributed by atoms with Gasteiger partial charge in [-0.15, -0.1) is 0 Å². The smallest absolute Gasteiger partial charge is 0.224 e. The van der Waals surface area contributed by atoms with Gasteiger partial charge in [0.2, 0.25) is 5.28 Å². The van der Waals surface area contributed by atoms with Crippen LogP contribution in [0.1, 0.15) is 17.4 Å². The molecule has 0 amide bonds. The predicted octanol–water partition coefficient (Wildman–Crippen LogP) is 1.27. The van der Waals surface area contributed by atoms with E-state index in [1.54, 1.807) is 16.8 Å². The molecule has 2 heterocycles. The Morgan fingerprint density at radius 1 is 1.65 bits per heavy atom. The number of Topliss-reactive ketones (excluding diaryl/α,β-unsaturated/α-hetero) is 1. The van der Waals surface area contributed by atoms with Crippen molar-refractivity contribution in [1.82, 2.24) is 20.0 Å². The van der Waals surface area contributed by atoms with Crippen LogP contribution in [0.3, 0.4) is 0 Å². The molecule has 0 atom stereocenters. The highest BCUT2D eigenvalue weighted by Gasteiger charge is 2.13. The zero-order chi connectivity index (χ0) is 12.4. The van der Waals surface area contributed by atoms with Gasteiger partial charge in [-0.25, -0.2) is 10.5 Å². The second kappa shape index (κ2) is 4.79. The molecule has 2 rings (SSSR count). The third kappa shape index (κ3) is 2.28. The average Bonchev–Trinajstić information content (AvgIpc) is 2.64. The molecule has 17 heavy (non-hydrogen) atoms. The molecule has 2 N–H and O–H groups in total. The Bertz CT molecular complexity index is 567. The Balaban J connectivity index is 2.60. The number of hydroxylamine groups is 1. The maximum Gasteiger partial charge on any atom is 0.224 e. The molecule has 0 unspecified atom stereocenters.